The largest absolute Gasteiger partial charge is 0.396 e. The minimum absolute atomic E-state index is 0.356. The van der Waals surface area contributed by atoms with Crippen LogP contribution in [0.3, 0.4) is 0 Å². The fourth-order valence-electron chi connectivity index (χ4n) is 1.35. The number of unbranched alkanes of at least 4 members (excludes halogenated alkanes) is 3. The summed E-state index contributed by atoms with van der Waals surface area (Å²) < 4.78 is 0. The van der Waals surface area contributed by atoms with Crippen molar-refractivity contribution in [1.29, 1.82) is 0 Å². The van der Waals surface area contributed by atoms with Crippen LogP contribution in [0, 0.1) is 11.3 Å². The van der Waals surface area contributed by atoms with Gasteiger partial charge in [0.15, 0.2) is 0 Å². The Hall–Kier alpha value is -0.0400. The molecule has 13 heavy (non-hydrogen) atoms. The van der Waals surface area contributed by atoms with E-state index in [0.29, 0.717) is 12.0 Å². The predicted molar refractivity (Wildman–Crippen MR) is 58.8 cm³/mol. The highest BCUT2D eigenvalue weighted by Crippen LogP contribution is 2.29. The van der Waals surface area contributed by atoms with Crippen LogP contribution in [0.25, 0.3) is 0 Å². The average Bonchev–Trinajstić information content (AvgIpc) is 2.02. The molecule has 1 atom stereocenters. The highest BCUT2D eigenvalue weighted by molar-refractivity contribution is 4.69. The van der Waals surface area contributed by atoms with Gasteiger partial charge in [-0.25, -0.2) is 0 Å². The topological polar surface area (TPSA) is 20.2 Å². The standard InChI is InChI=1S/C12H26O/c1-11(12(2,3)4)9-7-5-6-8-10-13/h11,13H,5-10H2,1-4H3. The van der Waals surface area contributed by atoms with Crippen molar-refractivity contribution in [3.63, 3.8) is 0 Å². The van der Waals surface area contributed by atoms with E-state index in [-0.39, 0.29) is 0 Å². The molecular formula is C12H26O. The zero-order valence-corrected chi connectivity index (χ0v) is 9.77. The van der Waals surface area contributed by atoms with Crippen molar-refractivity contribution in [3.05, 3.63) is 0 Å². The average molecular weight is 186 g/mol. The number of aliphatic hydroxyl groups excluding tert-OH is 1. The fraction of sp³-hybridized carbons (Fsp3) is 1.00. The van der Waals surface area contributed by atoms with Crippen LogP contribution in [-0.4, -0.2) is 11.7 Å². The fourth-order valence-corrected chi connectivity index (χ4v) is 1.35. The minimum atomic E-state index is 0.356. The summed E-state index contributed by atoms with van der Waals surface area (Å²) in [7, 11) is 0. The predicted octanol–water partition coefficient (Wildman–Crippen LogP) is 3.61. The molecule has 0 heterocycles. The van der Waals surface area contributed by atoms with Gasteiger partial charge >= 0.3 is 0 Å². The Morgan fingerprint density at radius 2 is 1.54 bits per heavy atom. The van der Waals surface area contributed by atoms with Gasteiger partial charge < -0.3 is 5.11 Å². The molecule has 0 aliphatic carbocycles. The zero-order valence-electron chi connectivity index (χ0n) is 9.77. The van der Waals surface area contributed by atoms with E-state index in [1.54, 1.807) is 0 Å². The van der Waals surface area contributed by atoms with Crippen molar-refractivity contribution in [3.8, 4) is 0 Å². The number of aliphatic hydroxyl groups is 1. The van der Waals surface area contributed by atoms with Gasteiger partial charge in [0, 0.05) is 6.61 Å². The summed E-state index contributed by atoms with van der Waals surface area (Å²) in [5.41, 5.74) is 0.455. The lowest BCUT2D eigenvalue weighted by Gasteiger charge is -2.27. The molecule has 0 saturated carbocycles. The first-order valence-corrected chi connectivity index (χ1v) is 5.59. The molecule has 0 bridgehead atoms. The molecular weight excluding hydrogens is 160 g/mol. The summed E-state index contributed by atoms with van der Waals surface area (Å²) in [5.74, 6) is 0.807. The van der Waals surface area contributed by atoms with E-state index in [2.05, 4.69) is 27.7 Å². The lowest BCUT2D eigenvalue weighted by atomic mass is 9.79. The van der Waals surface area contributed by atoms with E-state index < -0.39 is 0 Å². The van der Waals surface area contributed by atoms with E-state index >= 15 is 0 Å². The van der Waals surface area contributed by atoms with E-state index in [0.717, 1.165) is 12.3 Å². The van der Waals surface area contributed by atoms with E-state index in [4.69, 9.17) is 5.11 Å². The van der Waals surface area contributed by atoms with Gasteiger partial charge in [0.1, 0.15) is 0 Å². The van der Waals surface area contributed by atoms with Crippen LogP contribution < -0.4 is 0 Å². The van der Waals surface area contributed by atoms with Crippen molar-refractivity contribution >= 4 is 0 Å². The molecule has 0 aromatic rings. The van der Waals surface area contributed by atoms with E-state index in [1.807, 2.05) is 0 Å². The first-order chi connectivity index (χ1) is 5.98. The monoisotopic (exact) mass is 186 g/mol. The number of rotatable bonds is 6. The van der Waals surface area contributed by atoms with E-state index in [1.165, 1.54) is 25.7 Å². The summed E-state index contributed by atoms with van der Waals surface area (Å²) >= 11 is 0. The molecule has 0 aliphatic rings. The van der Waals surface area contributed by atoms with E-state index in [9.17, 15) is 0 Å². The van der Waals surface area contributed by atoms with Gasteiger partial charge in [-0.3, -0.25) is 0 Å². The maximum absolute atomic E-state index is 8.60. The summed E-state index contributed by atoms with van der Waals surface area (Å²) in [6.45, 7) is 9.63. The molecule has 0 fully saturated rings. The van der Waals surface area contributed by atoms with Crippen LogP contribution in [0.2, 0.25) is 0 Å². The van der Waals surface area contributed by atoms with Gasteiger partial charge in [-0.1, -0.05) is 53.4 Å². The van der Waals surface area contributed by atoms with Gasteiger partial charge in [-0.15, -0.1) is 0 Å². The van der Waals surface area contributed by atoms with Crippen molar-refractivity contribution in [2.24, 2.45) is 11.3 Å². The smallest absolute Gasteiger partial charge is 0.0431 e. The van der Waals surface area contributed by atoms with Gasteiger partial charge in [-0.2, -0.15) is 0 Å². The Labute approximate surface area is 83.5 Å². The molecule has 0 spiro atoms. The molecule has 0 amide bonds. The number of hydrogen-bond donors (Lipinski definition) is 1. The highest BCUT2D eigenvalue weighted by Gasteiger charge is 2.18. The second-order valence-electron chi connectivity index (χ2n) is 5.19. The first kappa shape index (κ1) is 13.0. The summed E-state index contributed by atoms with van der Waals surface area (Å²) in [6.07, 6.45) is 6.09. The van der Waals surface area contributed by atoms with Crippen LogP contribution >= 0.6 is 0 Å². The molecule has 1 unspecified atom stereocenters. The molecule has 1 heteroatoms. The molecule has 0 aromatic heterocycles. The Kier molecular flexibility index (Phi) is 6.40. The summed E-state index contributed by atoms with van der Waals surface area (Å²) in [4.78, 5) is 0. The molecule has 0 rings (SSSR count). The van der Waals surface area contributed by atoms with Crippen LogP contribution in [0.15, 0.2) is 0 Å². The summed E-state index contributed by atoms with van der Waals surface area (Å²) in [5, 5.41) is 8.60. The third-order valence-electron chi connectivity index (χ3n) is 3.02. The van der Waals surface area contributed by atoms with Gasteiger partial charge in [0.2, 0.25) is 0 Å². The van der Waals surface area contributed by atoms with Crippen molar-refractivity contribution in [2.75, 3.05) is 6.61 Å². The van der Waals surface area contributed by atoms with Crippen LogP contribution in [0.1, 0.15) is 59.8 Å². The Morgan fingerprint density at radius 1 is 1.00 bits per heavy atom. The molecule has 0 aromatic carbocycles. The molecule has 1 N–H and O–H groups in total. The quantitative estimate of drug-likeness (QED) is 0.628. The maximum Gasteiger partial charge on any atom is 0.0431 e. The van der Waals surface area contributed by atoms with Gasteiger partial charge in [-0.05, 0) is 17.8 Å². The maximum atomic E-state index is 8.60. The third-order valence-corrected chi connectivity index (χ3v) is 3.02. The lowest BCUT2D eigenvalue weighted by Crippen LogP contribution is -2.16. The molecule has 0 saturated heterocycles. The Bertz CT molecular complexity index is 113. The third kappa shape index (κ3) is 7.06. The van der Waals surface area contributed by atoms with Crippen LogP contribution in [0.4, 0.5) is 0 Å². The normalized spacial score (nSPS) is 14.5. The van der Waals surface area contributed by atoms with Crippen LogP contribution in [0.5, 0.6) is 0 Å². The lowest BCUT2D eigenvalue weighted by molar-refractivity contribution is 0.238. The second kappa shape index (κ2) is 6.42. The van der Waals surface area contributed by atoms with Crippen molar-refractivity contribution in [2.45, 2.75) is 59.8 Å². The Morgan fingerprint density at radius 3 is 2.00 bits per heavy atom. The minimum Gasteiger partial charge on any atom is -0.396 e. The summed E-state index contributed by atoms with van der Waals surface area (Å²) in [6, 6.07) is 0. The Balaban J connectivity index is 3.32. The van der Waals surface area contributed by atoms with Crippen molar-refractivity contribution in [1.82, 2.24) is 0 Å². The first-order valence-electron chi connectivity index (χ1n) is 5.59. The second-order valence-corrected chi connectivity index (χ2v) is 5.19. The van der Waals surface area contributed by atoms with Crippen molar-refractivity contribution < 1.29 is 5.11 Å². The number of hydrogen-bond acceptors (Lipinski definition) is 1. The highest BCUT2D eigenvalue weighted by atomic mass is 16.2. The molecule has 1 nitrogen and oxygen atoms in total. The molecule has 80 valence electrons. The molecule has 0 aliphatic heterocycles. The van der Waals surface area contributed by atoms with Gasteiger partial charge in [0.25, 0.3) is 0 Å². The van der Waals surface area contributed by atoms with Gasteiger partial charge in [0.05, 0.1) is 0 Å². The molecule has 0 radical (unpaired) electrons. The SMILES string of the molecule is CC(CCCCCCO)C(C)(C)C. The van der Waals surface area contributed by atoms with Crippen LogP contribution in [-0.2, 0) is 0 Å². The zero-order chi connectivity index (χ0) is 10.3.